The van der Waals surface area contributed by atoms with Crippen molar-refractivity contribution in [2.45, 2.75) is 18.4 Å². The lowest BCUT2D eigenvalue weighted by Gasteiger charge is -2.11. The first kappa shape index (κ1) is 18.7. The van der Waals surface area contributed by atoms with Gasteiger partial charge in [-0.05, 0) is 37.6 Å². The maximum Gasteiger partial charge on any atom is 0.276 e. The smallest absolute Gasteiger partial charge is 0.276 e. The van der Waals surface area contributed by atoms with Crippen molar-refractivity contribution >= 4 is 35.3 Å². The number of rotatable bonds is 5. The van der Waals surface area contributed by atoms with Gasteiger partial charge < -0.3 is 9.15 Å². The van der Waals surface area contributed by atoms with Gasteiger partial charge in [0, 0.05) is 11.5 Å². The molecule has 0 bridgehead atoms. The normalized spacial score (nSPS) is 14.2. The summed E-state index contributed by atoms with van der Waals surface area (Å²) in [4.78, 5) is 23.8. The lowest BCUT2D eigenvalue weighted by atomic mass is 10.2. The van der Waals surface area contributed by atoms with E-state index in [1.165, 1.54) is 17.1 Å². The Morgan fingerprint density at radius 3 is 2.46 bits per heavy atom. The lowest BCUT2D eigenvalue weighted by molar-refractivity contribution is -0.123. The molecule has 2 aromatic rings. The number of ether oxygens (including phenoxy) is 1. The van der Waals surface area contributed by atoms with Gasteiger partial charge >= 0.3 is 0 Å². The number of amides is 2. The largest absolute Gasteiger partial charge is 0.484 e. The summed E-state index contributed by atoms with van der Waals surface area (Å²) in [6.45, 7) is 3.26. The van der Waals surface area contributed by atoms with E-state index in [1.54, 1.807) is 19.9 Å². The molecule has 1 aliphatic rings. The number of benzene rings is 1. The van der Waals surface area contributed by atoms with Gasteiger partial charge in [0.2, 0.25) is 0 Å². The van der Waals surface area contributed by atoms with E-state index >= 15 is 0 Å². The van der Waals surface area contributed by atoms with Crippen LogP contribution in [0.15, 0.2) is 34.7 Å². The number of carbonyl (C=O) groups excluding carboxylic acids is 2. The Hall–Kier alpha value is -2.06. The van der Waals surface area contributed by atoms with Crippen LogP contribution in [0.25, 0.3) is 0 Å². The maximum absolute atomic E-state index is 12.0. The van der Waals surface area contributed by atoms with Crippen molar-refractivity contribution in [1.29, 1.82) is 0 Å². The molecular weight excluding hydrogens is 372 g/mol. The molecule has 0 unspecified atom stereocenters. The molecule has 1 aromatic heterocycles. The third-order valence-corrected chi connectivity index (χ3v) is 6.85. The third-order valence-electron chi connectivity index (χ3n) is 3.75. The second kappa shape index (κ2) is 8.55. The molecule has 8 heteroatoms. The molecule has 2 N–H and O–H groups in total. The number of carbonyl (C=O) groups is 2. The summed E-state index contributed by atoms with van der Waals surface area (Å²) >= 11 is 3.88. The molecule has 1 fully saturated rings. The van der Waals surface area contributed by atoms with Crippen molar-refractivity contribution in [2.24, 2.45) is 0 Å². The van der Waals surface area contributed by atoms with Gasteiger partial charge in [-0.3, -0.25) is 20.4 Å². The van der Waals surface area contributed by atoms with Crippen molar-refractivity contribution in [1.82, 2.24) is 10.9 Å². The molecule has 0 radical (unpaired) electrons. The zero-order chi connectivity index (χ0) is 18.5. The standard InChI is InChI=1S/C18H20N2O4S2/c1-11-9-15(12(2)24-11)17(22)20-19-16(21)10-23-14-5-3-13(4-6-14)18-25-7-8-26-18/h3-6,9,18H,7-8,10H2,1-2H3,(H,19,21)(H,20,22). The number of hydrogen-bond acceptors (Lipinski definition) is 6. The number of thioether (sulfide) groups is 2. The Morgan fingerprint density at radius 1 is 1.15 bits per heavy atom. The molecule has 26 heavy (non-hydrogen) atoms. The van der Waals surface area contributed by atoms with E-state index < -0.39 is 11.8 Å². The highest BCUT2D eigenvalue weighted by atomic mass is 32.2. The highest BCUT2D eigenvalue weighted by Crippen LogP contribution is 2.45. The van der Waals surface area contributed by atoms with E-state index in [2.05, 4.69) is 10.9 Å². The molecule has 1 aliphatic heterocycles. The van der Waals surface area contributed by atoms with Crippen LogP contribution in [0.3, 0.4) is 0 Å². The van der Waals surface area contributed by atoms with Crippen molar-refractivity contribution in [2.75, 3.05) is 18.1 Å². The van der Waals surface area contributed by atoms with E-state index in [9.17, 15) is 9.59 Å². The van der Waals surface area contributed by atoms with Gasteiger partial charge in [0.1, 0.15) is 17.3 Å². The molecule has 1 saturated heterocycles. The molecule has 2 amide bonds. The van der Waals surface area contributed by atoms with Crippen LogP contribution in [0.4, 0.5) is 0 Å². The van der Waals surface area contributed by atoms with Crippen LogP contribution >= 0.6 is 23.5 Å². The minimum absolute atomic E-state index is 0.185. The summed E-state index contributed by atoms with van der Waals surface area (Å²) in [5, 5.41) is 0. The Labute approximate surface area is 160 Å². The van der Waals surface area contributed by atoms with E-state index in [1.807, 2.05) is 47.8 Å². The second-order valence-electron chi connectivity index (χ2n) is 5.76. The molecule has 1 aromatic carbocycles. The predicted molar refractivity (Wildman–Crippen MR) is 103 cm³/mol. The first-order valence-corrected chi connectivity index (χ1v) is 10.2. The summed E-state index contributed by atoms with van der Waals surface area (Å²) in [5.41, 5.74) is 6.33. The highest BCUT2D eigenvalue weighted by Gasteiger charge is 2.18. The number of aryl methyl sites for hydroxylation is 2. The highest BCUT2D eigenvalue weighted by molar-refractivity contribution is 8.19. The average Bonchev–Trinajstić information content (AvgIpc) is 3.28. The van der Waals surface area contributed by atoms with Gasteiger partial charge in [-0.15, -0.1) is 23.5 Å². The summed E-state index contributed by atoms with van der Waals surface area (Å²) in [5.74, 6) is 3.24. The van der Waals surface area contributed by atoms with Crippen LogP contribution in [0.2, 0.25) is 0 Å². The molecule has 3 rings (SSSR count). The van der Waals surface area contributed by atoms with Crippen molar-refractivity contribution < 1.29 is 18.7 Å². The number of nitrogens with one attached hydrogen (secondary N) is 2. The van der Waals surface area contributed by atoms with Crippen LogP contribution in [0, 0.1) is 13.8 Å². The number of furan rings is 1. The van der Waals surface area contributed by atoms with Gasteiger partial charge in [0.05, 0.1) is 10.1 Å². The Bertz CT molecular complexity index is 783. The van der Waals surface area contributed by atoms with Gasteiger partial charge in [0.15, 0.2) is 6.61 Å². The number of hydrazine groups is 1. The predicted octanol–water partition coefficient (Wildman–Crippen LogP) is 3.22. The van der Waals surface area contributed by atoms with Crippen molar-refractivity contribution in [3.8, 4) is 5.75 Å². The summed E-state index contributed by atoms with van der Waals surface area (Å²) in [6.07, 6.45) is 0. The zero-order valence-electron chi connectivity index (χ0n) is 14.5. The van der Waals surface area contributed by atoms with Gasteiger partial charge in [-0.2, -0.15) is 0 Å². The SMILES string of the molecule is Cc1cc(C(=O)NNC(=O)COc2ccc(C3SCCS3)cc2)c(C)o1. The van der Waals surface area contributed by atoms with Crippen LogP contribution in [0.1, 0.15) is 32.0 Å². The van der Waals surface area contributed by atoms with E-state index in [-0.39, 0.29) is 6.61 Å². The molecular formula is C18H20N2O4S2. The Balaban J connectivity index is 1.43. The molecule has 6 nitrogen and oxygen atoms in total. The monoisotopic (exact) mass is 392 g/mol. The van der Waals surface area contributed by atoms with Crippen LogP contribution in [0.5, 0.6) is 5.75 Å². The molecule has 0 aliphatic carbocycles. The Morgan fingerprint density at radius 2 is 1.85 bits per heavy atom. The van der Waals surface area contributed by atoms with Gasteiger partial charge in [-0.1, -0.05) is 12.1 Å². The molecule has 2 heterocycles. The third kappa shape index (κ3) is 4.76. The minimum atomic E-state index is -0.442. The first-order chi connectivity index (χ1) is 12.5. The van der Waals surface area contributed by atoms with Crippen LogP contribution in [-0.4, -0.2) is 29.9 Å². The fraction of sp³-hybridized carbons (Fsp3) is 0.333. The van der Waals surface area contributed by atoms with Crippen LogP contribution < -0.4 is 15.6 Å². The van der Waals surface area contributed by atoms with E-state index in [0.717, 1.165) is 0 Å². The summed E-state index contributed by atoms with van der Waals surface area (Å²) < 4.78 is 11.2. The van der Waals surface area contributed by atoms with E-state index in [0.29, 0.717) is 27.4 Å². The average molecular weight is 393 g/mol. The second-order valence-corrected chi connectivity index (χ2v) is 8.48. The minimum Gasteiger partial charge on any atom is -0.484 e. The summed E-state index contributed by atoms with van der Waals surface area (Å²) in [6, 6.07) is 9.39. The van der Waals surface area contributed by atoms with Gasteiger partial charge in [0.25, 0.3) is 11.8 Å². The zero-order valence-corrected chi connectivity index (χ0v) is 16.2. The molecule has 138 valence electrons. The molecule has 0 saturated carbocycles. The van der Waals surface area contributed by atoms with Crippen molar-refractivity contribution in [3.05, 3.63) is 53.0 Å². The van der Waals surface area contributed by atoms with Crippen LogP contribution in [-0.2, 0) is 4.79 Å². The Kier molecular flexibility index (Phi) is 6.16. The van der Waals surface area contributed by atoms with Gasteiger partial charge in [-0.25, -0.2) is 0 Å². The fourth-order valence-electron chi connectivity index (χ4n) is 2.51. The molecule has 0 spiro atoms. The van der Waals surface area contributed by atoms with E-state index in [4.69, 9.17) is 9.15 Å². The summed E-state index contributed by atoms with van der Waals surface area (Å²) in [7, 11) is 0. The topological polar surface area (TPSA) is 80.6 Å². The lowest BCUT2D eigenvalue weighted by Crippen LogP contribution is -2.43. The fourth-order valence-corrected chi connectivity index (χ4v) is 5.37. The number of hydrogen-bond donors (Lipinski definition) is 2. The molecule has 0 atom stereocenters. The maximum atomic E-state index is 12.0. The quantitative estimate of drug-likeness (QED) is 0.761. The van der Waals surface area contributed by atoms with Crippen molar-refractivity contribution in [3.63, 3.8) is 0 Å². The first-order valence-electron chi connectivity index (χ1n) is 8.15.